The van der Waals surface area contributed by atoms with Gasteiger partial charge in [-0.05, 0) is 56.0 Å². The summed E-state index contributed by atoms with van der Waals surface area (Å²) in [6, 6.07) is 0.899. The Hall–Kier alpha value is -0.0800. The molecule has 3 unspecified atom stereocenters. The molecular weight excluding hydrogens is 172 g/mol. The molecule has 2 bridgehead atoms. The summed E-state index contributed by atoms with van der Waals surface area (Å²) in [5.41, 5.74) is 0.830. The van der Waals surface area contributed by atoms with Gasteiger partial charge in [-0.1, -0.05) is 0 Å². The molecule has 3 heterocycles. The van der Waals surface area contributed by atoms with Gasteiger partial charge in [-0.25, -0.2) is 0 Å². The van der Waals surface area contributed by atoms with Gasteiger partial charge in [-0.15, -0.1) is 0 Å². The van der Waals surface area contributed by atoms with Crippen LogP contribution >= 0.6 is 0 Å². The molecule has 0 aromatic carbocycles. The van der Waals surface area contributed by atoms with Crippen LogP contribution in [0.2, 0.25) is 0 Å². The Kier molecular flexibility index (Phi) is 1.47. The van der Waals surface area contributed by atoms with Crippen molar-refractivity contribution in [3.8, 4) is 0 Å². The van der Waals surface area contributed by atoms with Gasteiger partial charge in [0.05, 0.1) is 0 Å². The van der Waals surface area contributed by atoms with Gasteiger partial charge in [-0.3, -0.25) is 0 Å². The van der Waals surface area contributed by atoms with Crippen molar-refractivity contribution in [3.63, 3.8) is 0 Å². The zero-order valence-corrected chi connectivity index (χ0v) is 8.84. The molecule has 2 nitrogen and oxygen atoms in total. The fraction of sp³-hybridized carbons (Fsp3) is 1.00. The summed E-state index contributed by atoms with van der Waals surface area (Å²) in [6.07, 6.45) is 6.03. The van der Waals surface area contributed by atoms with Crippen LogP contribution in [-0.2, 0) is 0 Å². The first-order chi connectivity index (χ1) is 6.85. The highest BCUT2D eigenvalue weighted by atomic mass is 15.2. The second-order valence-electron chi connectivity index (χ2n) is 6.16. The zero-order chi connectivity index (χ0) is 9.17. The van der Waals surface area contributed by atoms with E-state index in [-0.39, 0.29) is 0 Å². The molecule has 2 aliphatic carbocycles. The average molecular weight is 192 g/mol. The molecule has 5 rings (SSSR count). The molecule has 1 spiro atoms. The lowest BCUT2D eigenvalue weighted by molar-refractivity contribution is 0.145. The van der Waals surface area contributed by atoms with E-state index >= 15 is 0 Å². The summed E-state index contributed by atoms with van der Waals surface area (Å²) < 4.78 is 0. The third kappa shape index (κ3) is 1.04. The van der Waals surface area contributed by atoms with E-state index in [9.17, 15) is 0 Å². The first-order valence-electron chi connectivity index (χ1n) is 6.30. The van der Waals surface area contributed by atoms with E-state index in [2.05, 4.69) is 10.2 Å². The van der Waals surface area contributed by atoms with Gasteiger partial charge in [0.2, 0.25) is 0 Å². The molecule has 3 atom stereocenters. The van der Waals surface area contributed by atoms with Crippen LogP contribution in [0.4, 0.5) is 0 Å². The molecule has 2 heteroatoms. The molecule has 1 N–H and O–H groups in total. The normalized spacial score (nSPS) is 48.4. The smallest absolute Gasteiger partial charge is 0.0114 e. The molecular formula is C12H20N2. The van der Waals surface area contributed by atoms with Crippen LogP contribution in [0.3, 0.4) is 0 Å². The van der Waals surface area contributed by atoms with Crippen molar-refractivity contribution in [1.29, 1.82) is 0 Å². The molecule has 14 heavy (non-hydrogen) atoms. The highest BCUT2D eigenvalue weighted by molar-refractivity contribution is 5.06. The van der Waals surface area contributed by atoms with Gasteiger partial charge in [0.1, 0.15) is 0 Å². The highest BCUT2D eigenvalue weighted by Gasteiger charge is 2.51. The first kappa shape index (κ1) is 8.12. The van der Waals surface area contributed by atoms with Crippen molar-refractivity contribution in [2.24, 2.45) is 17.3 Å². The van der Waals surface area contributed by atoms with Gasteiger partial charge in [0.15, 0.2) is 0 Å². The Morgan fingerprint density at radius 1 is 1.29 bits per heavy atom. The van der Waals surface area contributed by atoms with Crippen LogP contribution in [0, 0.1) is 17.3 Å². The molecule has 5 aliphatic rings. The van der Waals surface area contributed by atoms with Gasteiger partial charge < -0.3 is 10.2 Å². The van der Waals surface area contributed by atoms with E-state index in [1.54, 1.807) is 0 Å². The minimum Gasteiger partial charge on any atom is -0.313 e. The molecule has 0 aromatic rings. The second-order valence-corrected chi connectivity index (χ2v) is 6.16. The van der Waals surface area contributed by atoms with E-state index in [0.29, 0.717) is 0 Å². The van der Waals surface area contributed by atoms with Gasteiger partial charge in [0, 0.05) is 19.1 Å². The average Bonchev–Trinajstić information content (AvgIpc) is 2.61. The number of nitrogens with one attached hydrogen (secondary N) is 1. The lowest BCUT2D eigenvalue weighted by atomic mass is 9.74. The zero-order valence-electron chi connectivity index (χ0n) is 8.84. The Labute approximate surface area is 86.0 Å². The Morgan fingerprint density at radius 2 is 2.21 bits per heavy atom. The number of nitrogens with zero attached hydrogens (tertiary/aromatic N) is 1. The largest absolute Gasteiger partial charge is 0.313 e. The topological polar surface area (TPSA) is 15.3 Å². The predicted octanol–water partition coefficient (Wildman–Crippen LogP) is 1.08. The van der Waals surface area contributed by atoms with Crippen molar-refractivity contribution in [3.05, 3.63) is 0 Å². The number of hydrogen-bond acceptors (Lipinski definition) is 2. The van der Waals surface area contributed by atoms with Crippen LogP contribution in [0.1, 0.15) is 25.7 Å². The van der Waals surface area contributed by atoms with Crippen LogP contribution in [-0.4, -0.2) is 37.1 Å². The quantitative estimate of drug-likeness (QED) is 0.704. The maximum absolute atomic E-state index is 3.63. The molecule has 3 saturated heterocycles. The highest BCUT2D eigenvalue weighted by Crippen LogP contribution is 2.53. The third-order valence-corrected chi connectivity index (χ3v) is 5.26. The van der Waals surface area contributed by atoms with Crippen LogP contribution < -0.4 is 5.32 Å². The first-order valence-corrected chi connectivity index (χ1v) is 6.30. The molecule has 2 saturated carbocycles. The fourth-order valence-corrected chi connectivity index (χ4v) is 3.92. The number of rotatable bonds is 2. The molecule has 0 aromatic heterocycles. The number of hydrogen-bond donors (Lipinski definition) is 1. The standard InChI is InChI=1S/C12H20N2/c1-2-12(1)3-4-14(8-12)7-10-9-5-11(10)13-6-9/h9-11,13H,1-8H2. The van der Waals surface area contributed by atoms with E-state index < -0.39 is 0 Å². The van der Waals surface area contributed by atoms with E-state index in [0.717, 1.165) is 23.3 Å². The summed E-state index contributed by atoms with van der Waals surface area (Å²) in [5, 5.41) is 3.63. The van der Waals surface area contributed by atoms with Crippen LogP contribution in [0.15, 0.2) is 0 Å². The van der Waals surface area contributed by atoms with Crippen LogP contribution in [0.25, 0.3) is 0 Å². The lowest BCUT2D eigenvalue weighted by Crippen LogP contribution is -2.44. The minimum atomic E-state index is 0.830. The maximum atomic E-state index is 3.63. The van der Waals surface area contributed by atoms with Gasteiger partial charge >= 0.3 is 0 Å². The van der Waals surface area contributed by atoms with Crippen molar-refractivity contribution in [1.82, 2.24) is 10.2 Å². The minimum absolute atomic E-state index is 0.830. The lowest BCUT2D eigenvalue weighted by Gasteiger charge is -2.37. The number of fused-ring (bicyclic) bond motifs is 1. The Balaban J connectivity index is 1.38. The van der Waals surface area contributed by atoms with Crippen molar-refractivity contribution in [2.45, 2.75) is 31.7 Å². The summed E-state index contributed by atoms with van der Waals surface area (Å²) in [7, 11) is 0. The SMILES string of the molecule is C1NC2CC1C2CN1CCC2(CC2)C1. The monoisotopic (exact) mass is 192 g/mol. The Morgan fingerprint density at radius 3 is 2.79 bits per heavy atom. The molecule has 0 radical (unpaired) electrons. The molecule has 78 valence electrons. The fourth-order valence-electron chi connectivity index (χ4n) is 3.92. The Bertz CT molecular complexity index is 245. The summed E-state index contributed by atoms with van der Waals surface area (Å²) in [5.74, 6) is 2.06. The van der Waals surface area contributed by atoms with Crippen molar-refractivity contribution < 1.29 is 0 Å². The molecule has 3 aliphatic heterocycles. The third-order valence-electron chi connectivity index (χ3n) is 5.26. The van der Waals surface area contributed by atoms with Crippen LogP contribution in [0.5, 0.6) is 0 Å². The van der Waals surface area contributed by atoms with Gasteiger partial charge in [-0.2, -0.15) is 0 Å². The number of likely N-dealkylation sites (tertiary alicyclic amines) is 1. The summed E-state index contributed by atoms with van der Waals surface area (Å²) in [6.45, 7) is 5.55. The molecule has 0 amide bonds. The van der Waals surface area contributed by atoms with E-state index in [1.165, 1.54) is 51.9 Å². The van der Waals surface area contributed by atoms with E-state index in [1.807, 2.05) is 0 Å². The molecule has 5 fully saturated rings. The maximum Gasteiger partial charge on any atom is 0.0114 e. The second kappa shape index (κ2) is 2.53. The summed E-state index contributed by atoms with van der Waals surface area (Å²) >= 11 is 0. The van der Waals surface area contributed by atoms with E-state index in [4.69, 9.17) is 0 Å². The van der Waals surface area contributed by atoms with Crippen molar-refractivity contribution in [2.75, 3.05) is 26.2 Å². The summed E-state index contributed by atoms with van der Waals surface area (Å²) in [4.78, 5) is 2.75. The van der Waals surface area contributed by atoms with Gasteiger partial charge in [0.25, 0.3) is 0 Å². The predicted molar refractivity (Wildman–Crippen MR) is 56.1 cm³/mol. The van der Waals surface area contributed by atoms with Crippen molar-refractivity contribution >= 4 is 0 Å².